The summed E-state index contributed by atoms with van der Waals surface area (Å²) < 4.78 is 0. The van der Waals surface area contributed by atoms with E-state index in [0.717, 1.165) is 93.2 Å². The van der Waals surface area contributed by atoms with E-state index in [1.54, 1.807) is 0 Å². The first-order valence-corrected chi connectivity index (χ1v) is 36.8. The van der Waals surface area contributed by atoms with Crippen molar-refractivity contribution in [1.29, 1.82) is 0 Å². The van der Waals surface area contributed by atoms with Gasteiger partial charge in [0.1, 0.15) is 0 Å². The van der Waals surface area contributed by atoms with Crippen molar-refractivity contribution < 1.29 is 78.0 Å². The van der Waals surface area contributed by atoms with E-state index in [0.29, 0.717) is 0 Å². The third kappa shape index (κ3) is 30.9. The van der Waals surface area contributed by atoms with Gasteiger partial charge in [-0.2, -0.15) is 20.1 Å². The number of aryl methyl sites for hydroxylation is 4. The number of rotatable bonds is 36. The summed E-state index contributed by atoms with van der Waals surface area (Å²) in [5, 5.41) is 0. The van der Waals surface area contributed by atoms with Crippen molar-refractivity contribution in [2.45, 2.75) is 253 Å². The molecule has 0 atom stereocenters. The van der Waals surface area contributed by atoms with Crippen molar-refractivity contribution >= 4 is 56.0 Å². The van der Waals surface area contributed by atoms with Crippen LogP contribution in [0.4, 0.5) is 0 Å². The Kier molecular flexibility index (Phi) is 46.1. The zero-order valence-electron chi connectivity index (χ0n) is 46.1. The summed E-state index contributed by atoms with van der Waals surface area (Å²) in [6.45, 7) is 8.98. The summed E-state index contributed by atoms with van der Waals surface area (Å²) in [5.41, 5.74) is -3.46. The average Bonchev–Trinajstić information content (AvgIpc) is 3.34. The van der Waals surface area contributed by atoms with E-state index in [9.17, 15) is 19.6 Å². The molecule has 0 aromatic heterocycles. The molecule has 0 fully saturated rings. The summed E-state index contributed by atoms with van der Waals surface area (Å²) in [7, 11) is -2.20. The van der Waals surface area contributed by atoms with E-state index < -0.39 is 31.5 Å². The Morgan fingerprint density at radius 3 is 0.630 bits per heavy atom. The molecule has 73 heavy (non-hydrogen) atoms. The first-order valence-electron chi connectivity index (χ1n) is 27.8. The van der Waals surface area contributed by atoms with Gasteiger partial charge in [-0.1, -0.05) is 255 Å². The fourth-order valence-corrected chi connectivity index (χ4v) is 21.3. The number of unbranched alkanes of at least 4 members (excludes halogenated alkanes) is 24. The van der Waals surface area contributed by atoms with E-state index in [1.807, 2.05) is 72.8 Å². The van der Waals surface area contributed by atoms with E-state index in [2.05, 4.69) is 52.0 Å². The molecular formula is C60H92O4P2S4Zn3. The number of hydrogen-bond acceptors (Lipinski definition) is 6. The molecule has 0 aliphatic rings. The third-order valence-corrected chi connectivity index (χ3v) is 25.3. The van der Waals surface area contributed by atoms with Crippen LogP contribution in [0.2, 0.25) is 0 Å². The molecule has 0 heterocycles. The quantitative estimate of drug-likeness (QED) is 0.0195. The van der Waals surface area contributed by atoms with E-state index in [1.165, 1.54) is 154 Å². The second kappa shape index (κ2) is 45.6. The van der Waals surface area contributed by atoms with Crippen LogP contribution >= 0.6 is 11.4 Å². The first-order chi connectivity index (χ1) is 34.0. The Labute approximate surface area is 501 Å². The van der Waals surface area contributed by atoms with Crippen molar-refractivity contribution in [2.24, 2.45) is 0 Å². The van der Waals surface area contributed by atoms with Gasteiger partial charge in [0.2, 0.25) is 0 Å². The Balaban J connectivity index is 0.00000136. The van der Waals surface area contributed by atoms with Crippen LogP contribution in [0.1, 0.15) is 230 Å². The summed E-state index contributed by atoms with van der Waals surface area (Å²) in [4.78, 5) is 55.8. The Morgan fingerprint density at radius 2 is 0.452 bits per heavy atom. The van der Waals surface area contributed by atoms with Gasteiger partial charge in [0.05, 0.1) is 0 Å². The molecule has 396 valence electrons. The standard InChI is InChI=1S/2C30H46O2PS2.3Zn/c2*1-3-5-7-9-11-13-15-21-27-23-17-19-25-29(27)35(33(31,32)34)30-26-20-18-24-28(30)22-16-14-12-10-8-6-4-2;;;/h2*17-20,23-26H,3-16,21-22H2,1-2H3;;;/q2*-3;3*+2. The van der Waals surface area contributed by atoms with Crippen molar-refractivity contribution in [3.05, 3.63) is 119 Å². The number of hydrogen-bond donors (Lipinski definition) is 0. The van der Waals surface area contributed by atoms with Crippen LogP contribution in [-0.2, 0) is 129 Å². The maximum atomic E-state index is 13.0. The Hall–Kier alpha value is 0.850. The van der Waals surface area contributed by atoms with Crippen LogP contribution in [0.15, 0.2) is 117 Å². The molecule has 0 unspecified atom stereocenters. The molecule has 0 saturated heterocycles. The molecule has 0 N–H and O–H groups in total. The normalized spacial score (nSPS) is 11.5. The van der Waals surface area contributed by atoms with Crippen LogP contribution in [0.5, 0.6) is 0 Å². The molecule has 4 aromatic carbocycles. The molecule has 0 radical (unpaired) electrons. The average molecular weight is 1260 g/mol. The summed E-state index contributed by atoms with van der Waals surface area (Å²) in [5.74, 6) is 0. The van der Waals surface area contributed by atoms with E-state index in [4.69, 9.17) is 24.5 Å². The van der Waals surface area contributed by atoms with Crippen molar-refractivity contribution in [3.8, 4) is 0 Å². The molecule has 0 aliphatic carbocycles. The van der Waals surface area contributed by atoms with Gasteiger partial charge in [0, 0.05) is 19.6 Å². The smallest absolute Gasteiger partial charge is 0.853 e. The second-order valence-corrected chi connectivity index (χ2v) is 33.4. The van der Waals surface area contributed by atoms with Gasteiger partial charge >= 0.3 is 58.4 Å². The zero-order valence-corrected chi connectivity index (χ0v) is 60.1. The fourth-order valence-electron chi connectivity index (χ4n) is 9.40. The minimum absolute atomic E-state index is 0. The van der Waals surface area contributed by atoms with Gasteiger partial charge in [0.25, 0.3) is 0 Å². The first kappa shape index (κ1) is 73.9. The van der Waals surface area contributed by atoms with Crippen molar-refractivity contribution in [1.82, 2.24) is 0 Å². The number of benzene rings is 4. The summed E-state index contributed by atoms with van der Waals surface area (Å²) in [6, 6.07) is 32.4. The van der Waals surface area contributed by atoms with Gasteiger partial charge < -0.3 is 55.5 Å². The van der Waals surface area contributed by atoms with Crippen LogP contribution < -0.4 is 19.6 Å². The molecule has 0 bridgehead atoms. The molecule has 0 aliphatic heterocycles. The monoisotopic (exact) mass is 1260 g/mol. The van der Waals surface area contributed by atoms with Crippen molar-refractivity contribution in [2.75, 3.05) is 0 Å². The van der Waals surface area contributed by atoms with Gasteiger partial charge in [-0.3, -0.25) is 0 Å². The topological polar surface area (TPSA) is 92.2 Å². The van der Waals surface area contributed by atoms with Crippen LogP contribution in [-0.4, -0.2) is 0 Å². The molecule has 13 heteroatoms. The third-order valence-electron chi connectivity index (χ3n) is 13.4. The molecule has 4 aromatic rings. The Bertz CT molecular complexity index is 1840. The molecule has 4 nitrogen and oxygen atoms in total. The second-order valence-electron chi connectivity index (χ2n) is 19.4. The molecule has 0 saturated carbocycles. The largest absolute Gasteiger partial charge is 2.00 e. The maximum absolute atomic E-state index is 13.0. The predicted octanol–water partition coefficient (Wildman–Crippen LogP) is 16.5. The van der Waals surface area contributed by atoms with E-state index in [-0.39, 0.29) is 58.4 Å². The van der Waals surface area contributed by atoms with Gasteiger partial charge in [-0.15, -0.1) is 0 Å². The minimum Gasteiger partial charge on any atom is -0.853 e. The van der Waals surface area contributed by atoms with Crippen LogP contribution in [0.3, 0.4) is 0 Å². The predicted molar refractivity (Wildman–Crippen MR) is 309 cm³/mol. The van der Waals surface area contributed by atoms with Crippen molar-refractivity contribution in [3.63, 3.8) is 0 Å². The summed E-state index contributed by atoms with van der Waals surface area (Å²) >= 11 is 10.4. The van der Waals surface area contributed by atoms with Gasteiger partial charge in [-0.05, 0) is 97.9 Å². The summed E-state index contributed by atoms with van der Waals surface area (Å²) in [6.07, 6.45) is 38.7. The molecular weight excluding hydrogens is 1170 g/mol. The molecule has 4 rings (SSSR count). The van der Waals surface area contributed by atoms with E-state index >= 15 is 0 Å². The van der Waals surface area contributed by atoms with Gasteiger partial charge in [-0.25, -0.2) is 0 Å². The van der Waals surface area contributed by atoms with Crippen LogP contribution in [0, 0.1) is 0 Å². The zero-order chi connectivity index (χ0) is 50.7. The van der Waals surface area contributed by atoms with Crippen LogP contribution in [0.25, 0.3) is 0 Å². The fraction of sp³-hybridized carbons (Fsp3) is 0.600. The van der Waals surface area contributed by atoms with Gasteiger partial charge in [0.15, 0.2) is 0 Å². The minimum atomic E-state index is -4.03. The maximum Gasteiger partial charge on any atom is 2.00 e. The molecule has 0 spiro atoms. The molecule has 0 amide bonds. The Morgan fingerprint density at radius 1 is 0.288 bits per heavy atom. The SMILES string of the molecule is CCCCCCCCCc1ccccc1S(c1ccccc1CCCCCCCCC)=P([O-])([O-])[S-].CCCCCCCCCc1ccccc1S(c1ccccc1CCCCCCCCC)=P([O-])([O-])[S-].[Zn+2].[Zn+2].[Zn+2].